The van der Waals surface area contributed by atoms with Crippen LogP contribution in [0.4, 0.5) is 5.69 Å². The number of nitrogens with zero attached hydrogens (tertiary/aromatic N) is 1. The second-order valence-electron chi connectivity index (χ2n) is 4.80. The van der Waals surface area contributed by atoms with E-state index in [0.717, 1.165) is 3.57 Å². The van der Waals surface area contributed by atoms with E-state index in [9.17, 15) is 4.79 Å². The van der Waals surface area contributed by atoms with Gasteiger partial charge in [0, 0.05) is 14.8 Å². The van der Waals surface area contributed by atoms with Crippen LogP contribution in [0, 0.1) is 3.57 Å². The van der Waals surface area contributed by atoms with Crippen molar-refractivity contribution >= 4 is 52.0 Å². The molecular formula is C17H16ClIN2O4. The van der Waals surface area contributed by atoms with Crippen LogP contribution in [0.3, 0.4) is 0 Å². The van der Waals surface area contributed by atoms with E-state index in [-0.39, 0.29) is 12.5 Å². The summed E-state index contributed by atoms with van der Waals surface area (Å²) in [6.45, 7) is -0.205. The summed E-state index contributed by atoms with van der Waals surface area (Å²) in [5.41, 5.74) is 1.36. The monoisotopic (exact) mass is 474 g/mol. The minimum Gasteiger partial charge on any atom is -0.493 e. The van der Waals surface area contributed by atoms with E-state index in [0.29, 0.717) is 27.8 Å². The molecule has 0 atom stereocenters. The van der Waals surface area contributed by atoms with Crippen molar-refractivity contribution in [1.29, 1.82) is 0 Å². The van der Waals surface area contributed by atoms with Crippen molar-refractivity contribution in [3.63, 3.8) is 0 Å². The molecule has 0 aromatic heterocycles. The minimum atomic E-state index is -0.301. The van der Waals surface area contributed by atoms with Gasteiger partial charge < -0.3 is 19.6 Å². The van der Waals surface area contributed by atoms with E-state index >= 15 is 0 Å². The SMILES string of the molecule is COc1cc(/C=N/OCC(=O)Nc2cccc(I)c2)cc(Cl)c1OC. The van der Waals surface area contributed by atoms with E-state index in [2.05, 4.69) is 33.1 Å². The quantitative estimate of drug-likeness (QED) is 0.375. The van der Waals surface area contributed by atoms with E-state index in [4.69, 9.17) is 25.9 Å². The lowest BCUT2D eigenvalue weighted by atomic mass is 10.2. The summed E-state index contributed by atoms with van der Waals surface area (Å²) in [7, 11) is 3.02. The maximum absolute atomic E-state index is 11.8. The Morgan fingerprint density at radius 2 is 2.08 bits per heavy atom. The zero-order valence-electron chi connectivity index (χ0n) is 13.6. The predicted molar refractivity (Wildman–Crippen MR) is 106 cm³/mol. The Bertz CT molecular complexity index is 783. The minimum absolute atomic E-state index is 0.205. The van der Waals surface area contributed by atoms with Gasteiger partial charge in [0.2, 0.25) is 0 Å². The fraction of sp³-hybridized carbons (Fsp3) is 0.176. The molecule has 0 unspecified atom stereocenters. The van der Waals surface area contributed by atoms with Crippen molar-refractivity contribution in [2.45, 2.75) is 0 Å². The molecule has 0 radical (unpaired) electrons. The van der Waals surface area contributed by atoms with Crippen LogP contribution < -0.4 is 14.8 Å². The highest BCUT2D eigenvalue weighted by Gasteiger charge is 2.10. The van der Waals surface area contributed by atoms with Crippen LogP contribution in [-0.4, -0.2) is 32.9 Å². The second-order valence-corrected chi connectivity index (χ2v) is 6.46. The van der Waals surface area contributed by atoms with Gasteiger partial charge in [0.15, 0.2) is 18.1 Å². The van der Waals surface area contributed by atoms with Gasteiger partial charge in [-0.15, -0.1) is 0 Å². The first kappa shape index (κ1) is 19.3. The van der Waals surface area contributed by atoms with Gasteiger partial charge in [0.25, 0.3) is 5.91 Å². The van der Waals surface area contributed by atoms with Crippen molar-refractivity contribution in [3.8, 4) is 11.5 Å². The molecule has 0 aliphatic carbocycles. The molecule has 0 fully saturated rings. The summed E-state index contributed by atoms with van der Waals surface area (Å²) in [5.74, 6) is 0.622. The van der Waals surface area contributed by atoms with Crippen LogP contribution in [-0.2, 0) is 9.63 Å². The molecule has 25 heavy (non-hydrogen) atoms. The highest BCUT2D eigenvalue weighted by atomic mass is 127. The van der Waals surface area contributed by atoms with E-state index in [1.165, 1.54) is 20.4 Å². The molecule has 0 heterocycles. The first-order chi connectivity index (χ1) is 12.0. The number of rotatable bonds is 7. The van der Waals surface area contributed by atoms with Gasteiger partial charge in [-0.05, 0) is 52.9 Å². The molecular weight excluding hydrogens is 459 g/mol. The van der Waals surface area contributed by atoms with Gasteiger partial charge >= 0.3 is 0 Å². The topological polar surface area (TPSA) is 69.2 Å². The molecule has 1 N–H and O–H groups in total. The van der Waals surface area contributed by atoms with Crippen LogP contribution >= 0.6 is 34.2 Å². The normalized spacial score (nSPS) is 10.6. The number of amides is 1. The average Bonchev–Trinajstić information content (AvgIpc) is 2.58. The third-order valence-electron chi connectivity index (χ3n) is 3.04. The second kappa shape index (κ2) is 9.47. The number of carbonyl (C=O) groups is 1. The Morgan fingerprint density at radius 3 is 2.76 bits per heavy atom. The van der Waals surface area contributed by atoms with Gasteiger partial charge in [-0.25, -0.2) is 0 Å². The highest BCUT2D eigenvalue weighted by Crippen LogP contribution is 2.35. The molecule has 0 bridgehead atoms. The number of ether oxygens (including phenoxy) is 2. The third-order valence-corrected chi connectivity index (χ3v) is 3.99. The van der Waals surface area contributed by atoms with Gasteiger partial charge in [0.05, 0.1) is 25.5 Å². The standard InChI is InChI=1S/C17H16ClIN2O4/c1-23-15-7-11(6-14(18)17(15)24-2)9-20-25-10-16(22)21-13-5-3-4-12(19)8-13/h3-9H,10H2,1-2H3,(H,21,22)/b20-9+. The lowest BCUT2D eigenvalue weighted by Crippen LogP contribution is -2.17. The van der Waals surface area contributed by atoms with Crippen molar-refractivity contribution < 1.29 is 19.1 Å². The summed E-state index contributed by atoms with van der Waals surface area (Å²) >= 11 is 8.28. The molecule has 0 saturated carbocycles. The Hall–Kier alpha value is -2.00. The number of methoxy groups -OCH3 is 2. The maximum atomic E-state index is 11.8. The lowest BCUT2D eigenvalue weighted by Gasteiger charge is -2.09. The molecule has 6 nitrogen and oxygen atoms in total. The van der Waals surface area contributed by atoms with Gasteiger partial charge in [-0.2, -0.15) is 0 Å². The summed E-state index contributed by atoms with van der Waals surface area (Å²) < 4.78 is 11.4. The molecule has 2 aromatic rings. The summed E-state index contributed by atoms with van der Waals surface area (Å²) in [5, 5.41) is 6.88. The number of carbonyl (C=O) groups excluding carboxylic acids is 1. The Kier molecular flexibility index (Phi) is 7.32. The number of anilines is 1. The highest BCUT2D eigenvalue weighted by molar-refractivity contribution is 14.1. The molecule has 0 saturated heterocycles. The number of benzene rings is 2. The Balaban J connectivity index is 1.91. The molecule has 1 amide bonds. The van der Waals surface area contributed by atoms with Gasteiger partial charge in [0.1, 0.15) is 0 Å². The molecule has 2 rings (SSSR count). The van der Waals surface area contributed by atoms with E-state index in [1.54, 1.807) is 18.2 Å². The largest absolute Gasteiger partial charge is 0.493 e. The van der Waals surface area contributed by atoms with Crippen LogP contribution in [0.1, 0.15) is 5.56 Å². The number of hydrogen-bond acceptors (Lipinski definition) is 5. The van der Waals surface area contributed by atoms with Crippen LogP contribution in [0.25, 0.3) is 0 Å². The Labute approximate surface area is 164 Å². The first-order valence-electron chi connectivity index (χ1n) is 7.15. The van der Waals surface area contributed by atoms with Crippen LogP contribution in [0.15, 0.2) is 41.6 Å². The van der Waals surface area contributed by atoms with E-state index in [1.807, 2.05) is 18.2 Å². The molecule has 0 spiro atoms. The summed E-state index contributed by atoms with van der Waals surface area (Å²) in [4.78, 5) is 16.8. The lowest BCUT2D eigenvalue weighted by molar-refractivity contribution is -0.120. The van der Waals surface area contributed by atoms with E-state index < -0.39 is 0 Å². The molecule has 0 aliphatic heterocycles. The van der Waals surface area contributed by atoms with Crippen LogP contribution in [0.2, 0.25) is 5.02 Å². The fourth-order valence-electron chi connectivity index (χ4n) is 1.97. The maximum Gasteiger partial charge on any atom is 0.265 e. The van der Waals surface area contributed by atoms with Crippen molar-refractivity contribution in [3.05, 3.63) is 50.6 Å². The third kappa shape index (κ3) is 5.79. The van der Waals surface area contributed by atoms with Crippen molar-refractivity contribution in [2.24, 2.45) is 5.16 Å². The van der Waals surface area contributed by atoms with Crippen molar-refractivity contribution in [1.82, 2.24) is 0 Å². The molecule has 132 valence electrons. The summed E-state index contributed by atoms with van der Waals surface area (Å²) in [6.07, 6.45) is 1.44. The zero-order valence-corrected chi connectivity index (χ0v) is 16.5. The first-order valence-corrected chi connectivity index (χ1v) is 8.61. The molecule has 2 aromatic carbocycles. The van der Waals surface area contributed by atoms with Gasteiger partial charge in [-0.3, -0.25) is 4.79 Å². The average molecular weight is 475 g/mol. The fourth-order valence-corrected chi connectivity index (χ4v) is 2.81. The number of halogens is 2. The summed E-state index contributed by atoms with van der Waals surface area (Å²) in [6, 6.07) is 10.8. The zero-order chi connectivity index (χ0) is 18.2. The van der Waals surface area contributed by atoms with Crippen molar-refractivity contribution in [2.75, 3.05) is 26.1 Å². The predicted octanol–water partition coefficient (Wildman–Crippen LogP) is 3.95. The molecule has 8 heteroatoms. The number of nitrogens with one attached hydrogen (secondary N) is 1. The Morgan fingerprint density at radius 1 is 1.28 bits per heavy atom. The number of oxime groups is 1. The smallest absolute Gasteiger partial charge is 0.265 e. The number of hydrogen-bond donors (Lipinski definition) is 1. The molecule has 0 aliphatic rings. The van der Waals surface area contributed by atoms with Crippen LogP contribution in [0.5, 0.6) is 11.5 Å². The van der Waals surface area contributed by atoms with Gasteiger partial charge in [-0.1, -0.05) is 22.8 Å².